The van der Waals surface area contributed by atoms with E-state index >= 15 is 0 Å². The maximum atomic E-state index is 11.0. The van der Waals surface area contributed by atoms with Gasteiger partial charge in [-0.2, -0.15) is 0 Å². The van der Waals surface area contributed by atoms with Crippen LogP contribution in [0.25, 0.3) is 0 Å². The average molecular weight is 256 g/mol. The van der Waals surface area contributed by atoms with Gasteiger partial charge in [-0.05, 0) is 17.7 Å². The summed E-state index contributed by atoms with van der Waals surface area (Å²) in [4.78, 5) is 21.3. The molecular weight excluding hydrogens is 242 g/mol. The third-order valence-electron chi connectivity index (χ3n) is 2.81. The van der Waals surface area contributed by atoms with Crippen molar-refractivity contribution in [3.05, 3.63) is 45.0 Å². The number of nitro groups is 1. The zero-order valence-electron chi connectivity index (χ0n) is 9.72. The van der Waals surface area contributed by atoms with Crippen LogP contribution >= 0.6 is 11.6 Å². The van der Waals surface area contributed by atoms with E-state index in [1.165, 1.54) is 0 Å². The first-order valence-corrected chi connectivity index (χ1v) is 5.58. The van der Waals surface area contributed by atoms with E-state index in [4.69, 9.17) is 11.6 Å². The van der Waals surface area contributed by atoms with Crippen molar-refractivity contribution in [2.24, 2.45) is 5.41 Å². The topological polar surface area (TPSA) is 60.2 Å². The summed E-state index contributed by atoms with van der Waals surface area (Å²) in [5, 5.41) is 11.2. The van der Waals surface area contributed by atoms with Gasteiger partial charge in [-0.3, -0.25) is 10.1 Å². The van der Waals surface area contributed by atoms with Crippen molar-refractivity contribution in [3.63, 3.8) is 0 Å². The quantitative estimate of drug-likeness (QED) is 0.462. The molecule has 0 aliphatic carbocycles. The maximum absolute atomic E-state index is 11.0. The number of rotatable bonds is 5. The van der Waals surface area contributed by atoms with Crippen LogP contribution in [-0.4, -0.2) is 17.8 Å². The molecule has 92 valence electrons. The highest BCUT2D eigenvalue weighted by Crippen LogP contribution is 2.34. The molecule has 4 nitrogen and oxygen atoms in total. The number of halogens is 1. The van der Waals surface area contributed by atoms with Crippen molar-refractivity contribution < 1.29 is 9.72 Å². The summed E-state index contributed by atoms with van der Waals surface area (Å²) in [7, 11) is 0. The minimum Gasteiger partial charge on any atom is -0.303 e. The SMILES string of the molecule is CC(C)(C=O)C(C[N+](=O)[O-])c1ccc(Cl)cc1. The lowest BCUT2D eigenvalue weighted by molar-refractivity contribution is -0.485. The van der Waals surface area contributed by atoms with Crippen molar-refractivity contribution in [2.45, 2.75) is 19.8 Å². The van der Waals surface area contributed by atoms with Gasteiger partial charge in [0, 0.05) is 15.4 Å². The number of nitrogens with zero attached hydrogens (tertiary/aromatic N) is 1. The molecule has 0 spiro atoms. The van der Waals surface area contributed by atoms with Gasteiger partial charge in [0.25, 0.3) is 0 Å². The van der Waals surface area contributed by atoms with Crippen molar-refractivity contribution in [3.8, 4) is 0 Å². The molecule has 0 bridgehead atoms. The molecule has 0 aliphatic heterocycles. The van der Waals surface area contributed by atoms with Crippen LogP contribution in [0.15, 0.2) is 24.3 Å². The monoisotopic (exact) mass is 255 g/mol. The van der Waals surface area contributed by atoms with Crippen LogP contribution in [0.2, 0.25) is 5.02 Å². The molecule has 0 heterocycles. The first-order valence-electron chi connectivity index (χ1n) is 5.20. The fourth-order valence-electron chi connectivity index (χ4n) is 1.70. The highest BCUT2D eigenvalue weighted by molar-refractivity contribution is 6.30. The molecule has 0 fully saturated rings. The molecule has 0 aliphatic rings. The predicted molar refractivity (Wildman–Crippen MR) is 65.9 cm³/mol. The largest absolute Gasteiger partial charge is 0.303 e. The fraction of sp³-hybridized carbons (Fsp3) is 0.417. The van der Waals surface area contributed by atoms with Crippen molar-refractivity contribution >= 4 is 17.9 Å². The third-order valence-corrected chi connectivity index (χ3v) is 3.06. The second-order valence-corrected chi connectivity index (χ2v) is 5.00. The summed E-state index contributed by atoms with van der Waals surface area (Å²) in [5.41, 5.74) is -0.0239. The first kappa shape index (κ1) is 13.6. The third kappa shape index (κ3) is 3.53. The fourth-order valence-corrected chi connectivity index (χ4v) is 1.82. The lowest BCUT2D eigenvalue weighted by Crippen LogP contribution is -2.29. The minimum absolute atomic E-state index is 0.270. The number of hydrogen-bond donors (Lipinski definition) is 0. The molecule has 0 saturated heterocycles. The number of carbonyl (C=O) groups is 1. The van der Waals surface area contributed by atoms with Crippen LogP contribution in [0, 0.1) is 15.5 Å². The lowest BCUT2D eigenvalue weighted by atomic mass is 9.76. The molecule has 0 saturated carbocycles. The number of benzene rings is 1. The second kappa shape index (κ2) is 5.27. The first-order chi connectivity index (χ1) is 7.86. The smallest absolute Gasteiger partial charge is 0.211 e. The van der Waals surface area contributed by atoms with E-state index in [-0.39, 0.29) is 6.54 Å². The number of hydrogen-bond acceptors (Lipinski definition) is 3. The maximum Gasteiger partial charge on any atom is 0.211 e. The van der Waals surface area contributed by atoms with Gasteiger partial charge in [0.2, 0.25) is 6.54 Å². The van der Waals surface area contributed by atoms with Gasteiger partial charge in [0.05, 0.1) is 5.92 Å². The van der Waals surface area contributed by atoms with E-state index in [9.17, 15) is 14.9 Å². The van der Waals surface area contributed by atoms with E-state index in [0.29, 0.717) is 5.02 Å². The van der Waals surface area contributed by atoms with Crippen molar-refractivity contribution in [1.82, 2.24) is 0 Å². The summed E-state index contributed by atoms with van der Waals surface area (Å²) in [6.07, 6.45) is 0.760. The molecular formula is C12H14ClNO3. The van der Waals surface area contributed by atoms with E-state index in [2.05, 4.69) is 0 Å². The van der Waals surface area contributed by atoms with Gasteiger partial charge in [0.15, 0.2) is 0 Å². The lowest BCUT2D eigenvalue weighted by Gasteiger charge is -2.26. The normalized spacial score (nSPS) is 13.1. The number of aldehydes is 1. The van der Waals surface area contributed by atoms with Gasteiger partial charge >= 0.3 is 0 Å². The Kier molecular flexibility index (Phi) is 4.23. The zero-order chi connectivity index (χ0) is 13.1. The predicted octanol–water partition coefficient (Wildman–Crippen LogP) is 2.93. The van der Waals surface area contributed by atoms with Gasteiger partial charge in [-0.25, -0.2) is 0 Å². The van der Waals surface area contributed by atoms with Gasteiger partial charge < -0.3 is 4.79 Å². The Hall–Kier alpha value is -1.42. The molecule has 0 radical (unpaired) electrons. The van der Waals surface area contributed by atoms with Crippen molar-refractivity contribution in [1.29, 1.82) is 0 Å². The van der Waals surface area contributed by atoms with Gasteiger partial charge in [-0.15, -0.1) is 0 Å². The van der Waals surface area contributed by atoms with Crippen LogP contribution < -0.4 is 0 Å². The Bertz CT molecular complexity index is 414. The second-order valence-electron chi connectivity index (χ2n) is 4.56. The van der Waals surface area contributed by atoms with E-state index < -0.39 is 16.3 Å². The summed E-state index contributed by atoms with van der Waals surface area (Å²) in [5.74, 6) is -0.452. The molecule has 5 heteroatoms. The van der Waals surface area contributed by atoms with Crippen LogP contribution in [0.4, 0.5) is 0 Å². The molecule has 0 aromatic heterocycles. The molecule has 1 unspecified atom stereocenters. The summed E-state index contributed by atoms with van der Waals surface area (Å²) in [6, 6.07) is 6.79. The minimum atomic E-state index is -0.777. The molecule has 1 aromatic carbocycles. The van der Waals surface area contributed by atoms with Gasteiger partial charge in [0.1, 0.15) is 6.29 Å². The van der Waals surface area contributed by atoms with E-state index in [0.717, 1.165) is 11.8 Å². The zero-order valence-corrected chi connectivity index (χ0v) is 10.5. The van der Waals surface area contributed by atoms with Gasteiger partial charge in [-0.1, -0.05) is 37.6 Å². The molecule has 1 rings (SSSR count). The summed E-state index contributed by atoms with van der Waals surface area (Å²) in [6.45, 7) is 3.12. The Morgan fingerprint density at radius 3 is 2.35 bits per heavy atom. The van der Waals surface area contributed by atoms with Crippen LogP contribution in [-0.2, 0) is 4.79 Å². The van der Waals surface area contributed by atoms with E-state index in [1.54, 1.807) is 38.1 Å². The Morgan fingerprint density at radius 1 is 1.41 bits per heavy atom. The van der Waals surface area contributed by atoms with Crippen LogP contribution in [0.1, 0.15) is 25.3 Å². The molecule has 17 heavy (non-hydrogen) atoms. The Labute approximate surface area is 105 Å². The van der Waals surface area contributed by atoms with Crippen LogP contribution in [0.5, 0.6) is 0 Å². The Morgan fingerprint density at radius 2 is 1.94 bits per heavy atom. The standard InChI is InChI=1S/C12H14ClNO3/c1-12(2,8-15)11(7-14(16)17)9-3-5-10(13)6-4-9/h3-6,8,11H,7H2,1-2H3. The highest BCUT2D eigenvalue weighted by Gasteiger charge is 2.34. The Balaban J connectivity index is 3.10. The van der Waals surface area contributed by atoms with Crippen LogP contribution in [0.3, 0.4) is 0 Å². The highest BCUT2D eigenvalue weighted by atomic mass is 35.5. The van der Waals surface area contributed by atoms with E-state index in [1.807, 2.05) is 0 Å². The molecule has 1 aromatic rings. The molecule has 0 amide bonds. The molecule has 1 atom stereocenters. The molecule has 0 N–H and O–H groups in total. The summed E-state index contributed by atoms with van der Waals surface area (Å²) < 4.78 is 0. The number of carbonyl (C=O) groups excluding carboxylic acids is 1. The van der Waals surface area contributed by atoms with Crippen molar-refractivity contribution in [2.75, 3.05) is 6.54 Å². The summed E-state index contributed by atoms with van der Waals surface area (Å²) >= 11 is 5.77. The average Bonchev–Trinajstić information content (AvgIpc) is 2.27.